The molecule has 3 N–H and O–H groups in total. The Bertz CT molecular complexity index is 968. The maximum atomic E-state index is 11.9. The van der Waals surface area contributed by atoms with E-state index in [1.165, 1.54) is 6.92 Å². The molecule has 0 unspecified atom stereocenters. The molecule has 2 aromatic rings. The van der Waals surface area contributed by atoms with Gasteiger partial charge < -0.3 is 29.5 Å². The summed E-state index contributed by atoms with van der Waals surface area (Å²) in [5.74, 6) is 0.970. The molecule has 0 aliphatic heterocycles. The first-order chi connectivity index (χ1) is 16.7. The predicted molar refractivity (Wildman–Crippen MR) is 139 cm³/mol. The number of hydrogen-bond acceptors (Lipinski definition) is 8. The molecule has 36 heavy (non-hydrogen) atoms. The Morgan fingerprint density at radius 3 is 1.31 bits per heavy atom. The zero-order valence-corrected chi connectivity index (χ0v) is 22.5. The number of rotatable bonds is 11. The van der Waals surface area contributed by atoms with Crippen LogP contribution in [0.15, 0.2) is 24.3 Å². The highest BCUT2D eigenvalue weighted by Gasteiger charge is 2.18. The maximum absolute atomic E-state index is 11.9. The second-order valence-corrected chi connectivity index (χ2v) is 9.89. The van der Waals surface area contributed by atoms with Crippen molar-refractivity contribution in [3.63, 3.8) is 0 Å². The first kappa shape index (κ1) is 30.6. The highest BCUT2D eigenvalue weighted by atomic mass is 16.5. The predicted octanol–water partition coefficient (Wildman–Crippen LogP) is 6.00. The van der Waals surface area contributed by atoms with Crippen LogP contribution in [0.1, 0.15) is 76.1 Å². The van der Waals surface area contributed by atoms with E-state index >= 15 is 0 Å². The number of benzene rings is 2. The molecule has 2 rings (SSSR count). The third-order valence-electron chi connectivity index (χ3n) is 4.61. The Hall–Kier alpha value is -3.42. The van der Waals surface area contributed by atoms with Crippen molar-refractivity contribution in [2.75, 3.05) is 19.8 Å². The van der Waals surface area contributed by atoms with E-state index in [0.29, 0.717) is 60.4 Å². The second kappa shape index (κ2) is 14.2. The van der Waals surface area contributed by atoms with Gasteiger partial charge in [-0.05, 0) is 55.9 Å². The normalized spacial score (nSPS) is 10.8. The van der Waals surface area contributed by atoms with Gasteiger partial charge in [0.25, 0.3) is 0 Å². The molecule has 0 heterocycles. The summed E-state index contributed by atoms with van der Waals surface area (Å²) < 4.78 is 17.8. The number of aromatic hydroxyl groups is 3. The SMILES string of the molecule is CC(=O)c1cc(O)c(O)c(O)c1.CC(=O)c1cc(OCC(C)C)c(OCC(C)C)c(OCC(C)C)c1. The van der Waals surface area contributed by atoms with Crippen molar-refractivity contribution in [1.82, 2.24) is 0 Å². The zero-order chi connectivity index (χ0) is 27.6. The molecule has 200 valence electrons. The van der Waals surface area contributed by atoms with E-state index in [9.17, 15) is 9.59 Å². The molecule has 8 heteroatoms. The van der Waals surface area contributed by atoms with E-state index < -0.39 is 17.2 Å². The van der Waals surface area contributed by atoms with Crippen LogP contribution < -0.4 is 14.2 Å². The summed E-state index contributed by atoms with van der Waals surface area (Å²) in [6.07, 6.45) is 0. The third-order valence-corrected chi connectivity index (χ3v) is 4.61. The Morgan fingerprint density at radius 1 is 0.639 bits per heavy atom. The number of Topliss-reactive ketones (excluding diaryl/α,β-unsaturated/α-hetero) is 2. The van der Waals surface area contributed by atoms with Crippen molar-refractivity contribution in [2.45, 2.75) is 55.4 Å². The summed E-state index contributed by atoms with van der Waals surface area (Å²) in [7, 11) is 0. The van der Waals surface area contributed by atoms with Crippen LogP contribution in [-0.2, 0) is 0 Å². The molecule has 0 saturated heterocycles. The number of carbonyl (C=O) groups excluding carboxylic acids is 2. The average Bonchev–Trinajstić information content (AvgIpc) is 2.78. The van der Waals surface area contributed by atoms with Crippen LogP contribution in [0.2, 0.25) is 0 Å². The number of ether oxygens (including phenoxy) is 3. The van der Waals surface area contributed by atoms with Gasteiger partial charge in [-0.2, -0.15) is 0 Å². The summed E-state index contributed by atoms with van der Waals surface area (Å²) in [5, 5.41) is 26.8. The van der Waals surface area contributed by atoms with E-state index in [2.05, 4.69) is 41.5 Å². The largest absolute Gasteiger partial charge is 0.504 e. The van der Waals surface area contributed by atoms with Gasteiger partial charge in [0.15, 0.2) is 40.3 Å². The topological polar surface area (TPSA) is 123 Å². The molecule has 0 aromatic heterocycles. The van der Waals surface area contributed by atoms with Crippen LogP contribution in [-0.4, -0.2) is 46.7 Å². The number of phenols is 3. The molecular weight excluding hydrogens is 464 g/mol. The average molecular weight is 505 g/mol. The molecule has 0 spiro atoms. The van der Waals surface area contributed by atoms with E-state index in [0.717, 1.165) is 12.1 Å². The lowest BCUT2D eigenvalue weighted by molar-refractivity contribution is 0.100. The van der Waals surface area contributed by atoms with E-state index in [-0.39, 0.29) is 17.1 Å². The lowest BCUT2D eigenvalue weighted by Crippen LogP contribution is -2.12. The summed E-state index contributed by atoms with van der Waals surface area (Å²) in [6.45, 7) is 17.0. The molecule has 0 atom stereocenters. The first-order valence-corrected chi connectivity index (χ1v) is 12.1. The fraction of sp³-hybridized carbons (Fsp3) is 0.500. The van der Waals surface area contributed by atoms with Gasteiger partial charge in [0.05, 0.1) is 19.8 Å². The second-order valence-electron chi connectivity index (χ2n) is 9.89. The van der Waals surface area contributed by atoms with Crippen LogP contribution in [0.4, 0.5) is 0 Å². The zero-order valence-electron chi connectivity index (χ0n) is 22.5. The molecule has 0 fully saturated rings. The van der Waals surface area contributed by atoms with Crippen molar-refractivity contribution in [1.29, 1.82) is 0 Å². The quantitative estimate of drug-likeness (QED) is 0.252. The van der Waals surface area contributed by atoms with Crippen molar-refractivity contribution < 1.29 is 39.1 Å². The number of phenolic OH excluding ortho intramolecular Hbond substituents is 3. The molecule has 0 aliphatic rings. The van der Waals surface area contributed by atoms with Crippen LogP contribution in [0, 0.1) is 17.8 Å². The lowest BCUT2D eigenvalue weighted by atomic mass is 10.1. The van der Waals surface area contributed by atoms with Gasteiger partial charge in [0.1, 0.15) is 0 Å². The number of ketones is 2. The lowest BCUT2D eigenvalue weighted by Gasteiger charge is -2.20. The van der Waals surface area contributed by atoms with Gasteiger partial charge in [0, 0.05) is 11.1 Å². The summed E-state index contributed by atoms with van der Waals surface area (Å²) in [5.41, 5.74) is 0.729. The van der Waals surface area contributed by atoms with Crippen LogP contribution in [0.25, 0.3) is 0 Å². The highest BCUT2D eigenvalue weighted by Crippen LogP contribution is 2.40. The Kier molecular flexibility index (Phi) is 12.1. The van der Waals surface area contributed by atoms with Crippen molar-refractivity contribution >= 4 is 11.6 Å². The maximum Gasteiger partial charge on any atom is 0.203 e. The summed E-state index contributed by atoms with van der Waals surface area (Å²) in [4.78, 5) is 22.6. The van der Waals surface area contributed by atoms with Crippen LogP contribution in [0.3, 0.4) is 0 Å². The van der Waals surface area contributed by atoms with Gasteiger partial charge in [0.2, 0.25) is 5.75 Å². The van der Waals surface area contributed by atoms with Gasteiger partial charge >= 0.3 is 0 Å². The van der Waals surface area contributed by atoms with Crippen molar-refractivity contribution in [2.24, 2.45) is 17.8 Å². The fourth-order valence-electron chi connectivity index (χ4n) is 2.71. The minimum Gasteiger partial charge on any atom is -0.504 e. The number of carbonyl (C=O) groups is 2. The smallest absolute Gasteiger partial charge is 0.203 e. The molecule has 0 amide bonds. The molecular formula is C28H40O8. The van der Waals surface area contributed by atoms with Crippen LogP contribution in [0.5, 0.6) is 34.5 Å². The molecule has 2 aromatic carbocycles. The standard InChI is InChI=1S/C20H32O4.C8H8O4/c1-13(2)10-22-18-8-17(16(7)21)9-19(23-11-14(3)4)20(18)24-12-15(5)6;1-4(9)5-2-6(10)8(12)7(11)3-5/h8-9,13-15H,10-12H2,1-7H3;2-3,10-12H,1H3. The Balaban J connectivity index is 0.000000450. The van der Waals surface area contributed by atoms with Gasteiger partial charge in [-0.1, -0.05) is 41.5 Å². The number of hydrogen-bond donors (Lipinski definition) is 3. The van der Waals surface area contributed by atoms with Gasteiger partial charge in [-0.15, -0.1) is 0 Å². The Labute approximate surface area is 213 Å². The molecule has 0 saturated carbocycles. The van der Waals surface area contributed by atoms with Gasteiger partial charge in [-0.25, -0.2) is 0 Å². The summed E-state index contributed by atoms with van der Waals surface area (Å²) in [6, 6.07) is 5.69. The van der Waals surface area contributed by atoms with E-state index in [1.54, 1.807) is 19.1 Å². The summed E-state index contributed by atoms with van der Waals surface area (Å²) >= 11 is 0. The minimum atomic E-state index is -0.611. The first-order valence-electron chi connectivity index (χ1n) is 12.1. The van der Waals surface area contributed by atoms with E-state index in [1.807, 2.05) is 0 Å². The minimum absolute atomic E-state index is 0.0193. The molecule has 0 bridgehead atoms. The molecule has 0 radical (unpaired) electrons. The van der Waals surface area contributed by atoms with Gasteiger partial charge in [-0.3, -0.25) is 9.59 Å². The van der Waals surface area contributed by atoms with Crippen molar-refractivity contribution in [3.05, 3.63) is 35.4 Å². The van der Waals surface area contributed by atoms with E-state index in [4.69, 9.17) is 29.5 Å². The van der Waals surface area contributed by atoms with Crippen molar-refractivity contribution in [3.8, 4) is 34.5 Å². The fourth-order valence-corrected chi connectivity index (χ4v) is 2.71. The monoisotopic (exact) mass is 504 g/mol. The Morgan fingerprint density at radius 2 is 0.972 bits per heavy atom. The third kappa shape index (κ3) is 10.1. The molecule has 0 aliphatic carbocycles. The molecule has 8 nitrogen and oxygen atoms in total. The highest BCUT2D eigenvalue weighted by molar-refractivity contribution is 5.96. The van der Waals surface area contributed by atoms with Crippen LogP contribution >= 0.6 is 0 Å².